The molecule has 0 saturated carbocycles. The lowest BCUT2D eigenvalue weighted by atomic mass is 10.0. The standard InChI is InChI=1S/C20H25NO3/c1-15(2)21(14-16-6-4-3-5-7-16)13-12-19(22)17-8-10-18(11-9-17)20(23)24/h3-11,15,19,22H,12-14H2,1-2H3,(H,23,24). The van der Waals surface area contributed by atoms with Gasteiger partial charge in [0.05, 0.1) is 11.7 Å². The van der Waals surface area contributed by atoms with Crippen molar-refractivity contribution >= 4 is 5.97 Å². The first-order valence-corrected chi connectivity index (χ1v) is 8.26. The molecule has 0 saturated heterocycles. The summed E-state index contributed by atoms with van der Waals surface area (Å²) in [6.07, 6.45) is 0.0158. The van der Waals surface area contributed by atoms with Crippen LogP contribution in [0.25, 0.3) is 0 Å². The van der Waals surface area contributed by atoms with Crippen LogP contribution in [0.15, 0.2) is 54.6 Å². The van der Waals surface area contributed by atoms with Gasteiger partial charge >= 0.3 is 5.97 Å². The minimum atomic E-state index is -0.954. The maximum absolute atomic E-state index is 10.9. The highest BCUT2D eigenvalue weighted by molar-refractivity contribution is 5.87. The lowest BCUT2D eigenvalue weighted by Gasteiger charge is -2.27. The number of aliphatic hydroxyl groups is 1. The van der Waals surface area contributed by atoms with Crippen LogP contribution in [0.4, 0.5) is 0 Å². The third kappa shape index (κ3) is 5.18. The zero-order valence-electron chi connectivity index (χ0n) is 14.2. The van der Waals surface area contributed by atoms with Gasteiger partial charge in [-0.1, -0.05) is 42.5 Å². The van der Waals surface area contributed by atoms with Crippen LogP contribution in [0, 0.1) is 0 Å². The molecule has 0 bridgehead atoms. The zero-order chi connectivity index (χ0) is 17.5. The fourth-order valence-corrected chi connectivity index (χ4v) is 2.64. The first-order valence-electron chi connectivity index (χ1n) is 8.26. The van der Waals surface area contributed by atoms with Crippen LogP contribution >= 0.6 is 0 Å². The summed E-state index contributed by atoms with van der Waals surface area (Å²) in [5.74, 6) is -0.954. The molecule has 2 N–H and O–H groups in total. The second kappa shape index (κ2) is 8.62. The predicted octanol–water partition coefficient (Wildman–Crippen LogP) is 3.72. The largest absolute Gasteiger partial charge is 0.478 e. The van der Waals surface area contributed by atoms with Gasteiger partial charge in [0.15, 0.2) is 0 Å². The summed E-state index contributed by atoms with van der Waals surface area (Å²) in [5.41, 5.74) is 2.24. The van der Waals surface area contributed by atoms with Crippen molar-refractivity contribution in [1.82, 2.24) is 4.90 Å². The highest BCUT2D eigenvalue weighted by Gasteiger charge is 2.14. The molecule has 128 valence electrons. The Kier molecular flexibility index (Phi) is 6.53. The molecule has 0 heterocycles. The van der Waals surface area contributed by atoms with Crippen molar-refractivity contribution in [2.45, 2.75) is 39.0 Å². The third-order valence-electron chi connectivity index (χ3n) is 4.19. The van der Waals surface area contributed by atoms with Crippen LogP contribution in [-0.4, -0.2) is 33.7 Å². The average Bonchev–Trinajstić information content (AvgIpc) is 2.59. The lowest BCUT2D eigenvalue weighted by molar-refractivity contribution is 0.0696. The predicted molar refractivity (Wildman–Crippen MR) is 95.0 cm³/mol. The summed E-state index contributed by atoms with van der Waals surface area (Å²) in [7, 11) is 0. The second-order valence-electron chi connectivity index (χ2n) is 6.28. The first-order chi connectivity index (χ1) is 11.5. The van der Waals surface area contributed by atoms with E-state index in [9.17, 15) is 9.90 Å². The van der Waals surface area contributed by atoms with Gasteiger partial charge in [0.2, 0.25) is 0 Å². The van der Waals surface area contributed by atoms with Crippen molar-refractivity contribution in [1.29, 1.82) is 0 Å². The molecule has 4 nitrogen and oxygen atoms in total. The number of hydrogen-bond acceptors (Lipinski definition) is 3. The summed E-state index contributed by atoms with van der Waals surface area (Å²) in [4.78, 5) is 13.2. The van der Waals surface area contributed by atoms with E-state index < -0.39 is 12.1 Å². The highest BCUT2D eigenvalue weighted by atomic mass is 16.4. The number of aromatic carboxylic acids is 1. The molecule has 0 aliphatic carbocycles. The molecule has 0 aliphatic rings. The fourth-order valence-electron chi connectivity index (χ4n) is 2.64. The number of carbonyl (C=O) groups is 1. The van der Waals surface area contributed by atoms with Gasteiger partial charge in [-0.25, -0.2) is 4.79 Å². The van der Waals surface area contributed by atoms with E-state index >= 15 is 0 Å². The highest BCUT2D eigenvalue weighted by Crippen LogP contribution is 2.19. The zero-order valence-corrected chi connectivity index (χ0v) is 14.2. The van der Waals surface area contributed by atoms with Crippen molar-refractivity contribution in [3.63, 3.8) is 0 Å². The van der Waals surface area contributed by atoms with Gasteiger partial charge in [-0.15, -0.1) is 0 Å². The van der Waals surface area contributed by atoms with E-state index in [1.165, 1.54) is 17.7 Å². The average molecular weight is 327 g/mol. The van der Waals surface area contributed by atoms with Crippen LogP contribution in [0.2, 0.25) is 0 Å². The number of hydrogen-bond donors (Lipinski definition) is 2. The van der Waals surface area contributed by atoms with Crippen LogP contribution in [0.5, 0.6) is 0 Å². The molecule has 0 spiro atoms. The topological polar surface area (TPSA) is 60.8 Å². The maximum Gasteiger partial charge on any atom is 0.335 e. The van der Waals surface area contributed by atoms with E-state index in [4.69, 9.17) is 5.11 Å². The van der Waals surface area contributed by atoms with Crippen LogP contribution in [0.3, 0.4) is 0 Å². The third-order valence-corrected chi connectivity index (χ3v) is 4.19. The number of rotatable bonds is 8. The molecule has 0 aromatic heterocycles. The molecular weight excluding hydrogens is 302 g/mol. The molecular formula is C20H25NO3. The van der Waals surface area contributed by atoms with Crippen molar-refractivity contribution in [2.24, 2.45) is 0 Å². The summed E-state index contributed by atoms with van der Waals surface area (Å²) in [6, 6.07) is 17.1. The molecule has 0 fully saturated rings. The molecule has 4 heteroatoms. The summed E-state index contributed by atoms with van der Waals surface area (Å²) in [6.45, 7) is 5.92. The lowest BCUT2D eigenvalue weighted by Crippen LogP contribution is -2.32. The van der Waals surface area contributed by atoms with Gasteiger partial charge < -0.3 is 10.2 Å². The Bertz CT molecular complexity index is 638. The molecule has 0 amide bonds. The Morgan fingerprint density at radius 2 is 1.67 bits per heavy atom. The second-order valence-corrected chi connectivity index (χ2v) is 6.28. The monoisotopic (exact) mass is 327 g/mol. The first kappa shape index (κ1) is 18.2. The van der Waals surface area contributed by atoms with Crippen LogP contribution < -0.4 is 0 Å². The molecule has 2 aromatic rings. The quantitative estimate of drug-likeness (QED) is 0.776. The number of nitrogens with zero attached hydrogens (tertiary/aromatic N) is 1. The van der Waals surface area contributed by atoms with E-state index in [0.29, 0.717) is 12.5 Å². The van der Waals surface area contributed by atoms with Crippen LogP contribution in [-0.2, 0) is 6.54 Å². The molecule has 0 aliphatic heterocycles. The van der Waals surface area contributed by atoms with Gasteiger partial charge in [0, 0.05) is 19.1 Å². The maximum atomic E-state index is 10.9. The minimum Gasteiger partial charge on any atom is -0.478 e. The van der Waals surface area contributed by atoms with Gasteiger partial charge in [0.25, 0.3) is 0 Å². The number of carboxylic acids is 1. The van der Waals surface area contributed by atoms with Gasteiger partial charge in [-0.05, 0) is 43.5 Å². The Morgan fingerprint density at radius 1 is 1.04 bits per heavy atom. The van der Waals surface area contributed by atoms with E-state index in [1.54, 1.807) is 12.1 Å². The number of aliphatic hydroxyl groups excluding tert-OH is 1. The Hall–Kier alpha value is -2.17. The molecule has 1 atom stereocenters. The number of carboxylic acid groups (broad SMARTS) is 1. The van der Waals surface area contributed by atoms with Gasteiger partial charge in [-0.2, -0.15) is 0 Å². The summed E-state index contributed by atoms with van der Waals surface area (Å²) in [5, 5.41) is 19.3. The summed E-state index contributed by atoms with van der Waals surface area (Å²) < 4.78 is 0. The van der Waals surface area contributed by atoms with Gasteiger partial charge in [-0.3, -0.25) is 4.90 Å². The van der Waals surface area contributed by atoms with Crippen molar-refractivity contribution in [3.05, 3.63) is 71.3 Å². The molecule has 1 unspecified atom stereocenters. The normalized spacial score (nSPS) is 12.5. The van der Waals surface area contributed by atoms with Gasteiger partial charge in [0.1, 0.15) is 0 Å². The van der Waals surface area contributed by atoms with Crippen LogP contribution in [0.1, 0.15) is 47.9 Å². The number of benzene rings is 2. The molecule has 0 radical (unpaired) electrons. The Morgan fingerprint density at radius 3 is 2.21 bits per heavy atom. The smallest absolute Gasteiger partial charge is 0.335 e. The molecule has 24 heavy (non-hydrogen) atoms. The fraction of sp³-hybridized carbons (Fsp3) is 0.350. The van der Waals surface area contributed by atoms with E-state index in [2.05, 4.69) is 30.9 Å². The van der Waals surface area contributed by atoms with E-state index in [1.807, 2.05) is 18.2 Å². The van der Waals surface area contributed by atoms with E-state index in [0.717, 1.165) is 18.7 Å². The Balaban J connectivity index is 1.94. The Labute approximate surface area is 143 Å². The molecule has 2 aromatic carbocycles. The van der Waals surface area contributed by atoms with Crippen molar-refractivity contribution in [2.75, 3.05) is 6.54 Å². The van der Waals surface area contributed by atoms with Crippen molar-refractivity contribution < 1.29 is 15.0 Å². The minimum absolute atomic E-state index is 0.235. The van der Waals surface area contributed by atoms with Crippen molar-refractivity contribution in [3.8, 4) is 0 Å². The summed E-state index contributed by atoms with van der Waals surface area (Å²) >= 11 is 0. The molecule has 2 rings (SSSR count). The van der Waals surface area contributed by atoms with E-state index in [-0.39, 0.29) is 5.56 Å². The SMILES string of the molecule is CC(C)N(CCC(O)c1ccc(C(=O)O)cc1)Cc1ccccc1.